The van der Waals surface area contributed by atoms with Crippen molar-refractivity contribution in [1.29, 1.82) is 0 Å². The number of nitrogens with one attached hydrogen (secondary N) is 1. The maximum Gasteiger partial charge on any atom is 0.341 e. The summed E-state index contributed by atoms with van der Waals surface area (Å²) >= 11 is 0. The number of aromatic carboxylic acids is 1. The second kappa shape index (κ2) is 5.95. The van der Waals surface area contributed by atoms with Gasteiger partial charge in [-0.2, -0.15) is 0 Å². The number of hydrogen-bond acceptors (Lipinski definition) is 3. The van der Waals surface area contributed by atoms with Crippen LogP contribution in [0.25, 0.3) is 0 Å². The van der Waals surface area contributed by atoms with Crippen LogP contribution in [0.3, 0.4) is 0 Å². The Morgan fingerprint density at radius 3 is 2.71 bits per heavy atom. The van der Waals surface area contributed by atoms with Crippen LogP contribution in [0, 0.1) is 6.92 Å². The fraction of sp³-hybridized carbons (Fsp3) is 0.364. The lowest BCUT2D eigenvalue weighted by molar-refractivity contribution is -0.703. The van der Waals surface area contributed by atoms with Crippen LogP contribution < -0.4 is 10.0 Å². The number of carboxylic acids is 1. The first-order chi connectivity index (χ1) is 8.04. The molecule has 0 atom stereocenters. The third kappa shape index (κ3) is 3.84. The third-order valence-electron chi connectivity index (χ3n) is 2.43. The highest BCUT2D eigenvalue weighted by molar-refractivity contribution is 5.86. The van der Waals surface area contributed by atoms with Gasteiger partial charge in [0, 0.05) is 25.8 Å². The molecule has 0 aliphatic heterocycles. The van der Waals surface area contributed by atoms with E-state index in [-0.39, 0.29) is 12.0 Å². The van der Waals surface area contributed by atoms with E-state index in [1.807, 2.05) is 6.92 Å². The first kappa shape index (κ1) is 13.1. The van der Waals surface area contributed by atoms with E-state index in [4.69, 9.17) is 10.3 Å². The molecule has 6 nitrogen and oxygen atoms in total. The highest BCUT2D eigenvalue weighted by atomic mass is 16.5. The Morgan fingerprint density at radius 1 is 1.41 bits per heavy atom. The lowest BCUT2D eigenvalue weighted by Crippen LogP contribution is -2.38. The Balaban J connectivity index is 2.66. The van der Waals surface area contributed by atoms with Crippen molar-refractivity contribution in [2.24, 2.45) is 0 Å². The summed E-state index contributed by atoms with van der Waals surface area (Å²) in [4.78, 5) is 21.6. The van der Waals surface area contributed by atoms with Crippen molar-refractivity contribution in [3.8, 4) is 0 Å². The van der Waals surface area contributed by atoms with E-state index in [0.29, 0.717) is 13.0 Å². The summed E-state index contributed by atoms with van der Waals surface area (Å²) in [6, 6.07) is 3.25. The number of hydrogen-bond donors (Lipinski definition) is 3. The van der Waals surface area contributed by atoms with Crippen molar-refractivity contribution in [2.45, 2.75) is 26.3 Å². The zero-order chi connectivity index (χ0) is 12.8. The largest absolute Gasteiger partial charge is 0.477 e. The van der Waals surface area contributed by atoms with Gasteiger partial charge < -0.3 is 5.11 Å². The van der Waals surface area contributed by atoms with Gasteiger partial charge in [-0.05, 0) is 6.07 Å². The molecular formula is C11H15N2O4+. The van der Waals surface area contributed by atoms with Gasteiger partial charge in [-0.15, -0.1) is 0 Å². The fourth-order valence-electron chi connectivity index (χ4n) is 1.45. The number of carbonyl (C=O) groups excluding carboxylic acids is 1. The molecule has 0 unspecified atom stereocenters. The molecule has 3 N–H and O–H groups in total. The Morgan fingerprint density at radius 2 is 2.12 bits per heavy atom. The first-order valence-corrected chi connectivity index (χ1v) is 5.21. The van der Waals surface area contributed by atoms with Gasteiger partial charge in [0.1, 0.15) is 12.1 Å². The number of aromatic nitrogens is 1. The van der Waals surface area contributed by atoms with Crippen molar-refractivity contribution in [2.75, 3.05) is 0 Å². The van der Waals surface area contributed by atoms with E-state index < -0.39 is 11.9 Å². The molecule has 0 radical (unpaired) electrons. The number of amides is 1. The summed E-state index contributed by atoms with van der Waals surface area (Å²) in [6.45, 7) is 2.39. The van der Waals surface area contributed by atoms with Crippen molar-refractivity contribution >= 4 is 11.9 Å². The fourth-order valence-corrected chi connectivity index (χ4v) is 1.45. The van der Waals surface area contributed by atoms with Gasteiger partial charge in [0.2, 0.25) is 5.91 Å². The minimum absolute atomic E-state index is 0.195. The molecule has 1 heterocycles. The molecule has 0 aliphatic rings. The van der Waals surface area contributed by atoms with E-state index in [2.05, 4.69) is 0 Å². The van der Waals surface area contributed by atoms with Crippen LogP contribution in [0.1, 0.15) is 28.9 Å². The normalized spacial score (nSPS) is 10.0. The maximum absolute atomic E-state index is 10.8. The number of rotatable bonds is 5. The van der Waals surface area contributed by atoms with E-state index in [9.17, 15) is 9.59 Å². The lowest BCUT2D eigenvalue weighted by atomic mass is 10.2. The molecule has 0 aromatic carbocycles. The average molecular weight is 239 g/mol. The molecule has 1 aromatic heterocycles. The summed E-state index contributed by atoms with van der Waals surface area (Å²) in [5, 5.41) is 17.2. The molecule has 0 saturated carbocycles. The maximum atomic E-state index is 10.8. The second-order valence-electron chi connectivity index (χ2n) is 3.70. The van der Waals surface area contributed by atoms with E-state index in [1.165, 1.54) is 12.3 Å². The molecule has 0 saturated heterocycles. The highest BCUT2D eigenvalue weighted by Crippen LogP contribution is 1.99. The van der Waals surface area contributed by atoms with Crippen LogP contribution in [0.5, 0.6) is 0 Å². The van der Waals surface area contributed by atoms with Crippen LogP contribution in [0.15, 0.2) is 18.3 Å². The van der Waals surface area contributed by atoms with Crippen molar-refractivity contribution in [3.63, 3.8) is 0 Å². The van der Waals surface area contributed by atoms with Crippen LogP contribution in [0.2, 0.25) is 0 Å². The molecule has 1 rings (SSSR count). The highest BCUT2D eigenvalue weighted by Gasteiger charge is 2.12. The summed E-state index contributed by atoms with van der Waals surface area (Å²) in [5.41, 5.74) is 2.68. The number of pyridine rings is 1. The van der Waals surface area contributed by atoms with E-state index in [0.717, 1.165) is 5.69 Å². The van der Waals surface area contributed by atoms with Gasteiger partial charge in [0.05, 0.1) is 0 Å². The number of carboxylic acid groups (broad SMARTS) is 1. The summed E-state index contributed by atoms with van der Waals surface area (Å²) < 4.78 is 1.77. The number of hydroxylamine groups is 1. The zero-order valence-electron chi connectivity index (χ0n) is 9.51. The van der Waals surface area contributed by atoms with Gasteiger partial charge in [-0.3, -0.25) is 10.0 Å². The smallest absolute Gasteiger partial charge is 0.341 e. The van der Waals surface area contributed by atoms with Crippen molar-refractivity contribution in [1.82, 2.24) is 5.48 Å². The number of carbonyl (C=O) groups is 2. The van der Waals surface area contributed by atoms with Gasteiger partial charge >= 0.3 is 5.97 Å². The SMILES string of the molecule is Cc1ccc(C(=O)O)c[n+]1CCCC(=O)NO. The lowest BCUT2D eigenvalue weighted by Gasteiger charge is -2.01. The topological polar surface area (TPSA) is 90.5 Å². The predicted octanol–water partition coefficient (Wildman–Crippen LogP) is 0.266. The zero-order valence-corrected chi connectivity index (χ0v) is 9.51. The average Bonchev–Trinajstić information content (AvgIpc) is 2.30. The Bertz CT molecular complexity index is 431. The number of aryl methyl sites for hydroxylation is 2. The van der Waals surface area contributed by atoms with Gasteiger partial charge in [-0.25, -0.2) is 14.8 Å². The third-order valence-corrected chi connectivity index (χ3v) is 2.43. The first-order valence-electron chi connectivity index (χ1n) is 5.21. The Kier molecular flexibility index (Phi) is 4.59. The quantitative estimate of drug-likeness (QED) is 0.390. The second-order valence-corrected chi connectivity index (χ2v) is 3.70. The van der Waals surface area contributed by atoms with Crippen LogP contribution in [-0.2, 0) is 11.3 Å². The van der Waals surface area contributed by atoms with Crippen molar-refractivity contribution < 1.29 is 24.5 Å². The minimum Gasteiger partial charge on any atom is -0.477 e. The molecule has 0 fully saturated rings. The summed E-state index contributed by atoms with van der Waals surface area (Å²) in [6.07, 6.45) is 2.26. The molecule has 6 heteroatoms. The molecule has 0 bridgehead atoms. The van der Waals surface area contributed by atoms with E-state index in [1.54, 1.807) is 16.1 Å². The van der Waals surface area contributed by atoms with Crippen LogP contribution in [-0.4, -0.2) is 22.2 Å². The molecule has 1 amide bonds. The summed E-state index contributed by atoms with van der Waals surface area (Å²) in [7, 11) is 0. The molecule has 0 aliphatic carbocycles. The molecule has 1 aromatic rings. The monoisotopic (exact) mass is 239 g/mol. The predicted molar refractivity (Wildman–Crippen MR) is 57.5 cm³/mol. The van der Waals surface area contributed by atoms with Crippen LogP contribution in [0.4, 0.5) is 0 Å². The van der Waals surface area contributed by atoms with Gasteiger partial charge in [0.25, 0.3) is 0 Å². The number of nitrogens with zero attached hydrogens (tertiary/aromatic N) is 1. The van der Waals surface area contributed by atoms with E-state index >= 15 is 0 Å². The molecule has 92 valence electrons. The van der Waals surface area contributed by atoms with Crippen molar-refractivity contribution in [3.05, 3.63) is 29.6 Å². The molecule has 17 heavy (non-hydrogen) atoms. The Labute approximate surface area is 98.5 Å². The minimum atomic E-state index is -0.980. The van der Waals surface area contributed by atoms with Gasteiger partial charge in [-0.1, -0.05) is 0 Å². The summed E-state index contributed by atoms with van der Waals surface area (Å²) in [5.74, 6) is -1.43. The standard InChI is InChI=1S/C11H14N2O4/c1-8-4-5-9(11(15)16)7-13(8)6-2-3-10(14)12-17/h4-5,7H,2-3,6H2,1H3,(H2-,12,14,15,16,17)/p+1. The Hall–Kier alpha value is -1.95. The molecule has 0 spiro atoms. The van der Waals surface area contributed by atoms with Crippen LogP contribution >= 0.6 is 0 Å². The van der Waals surface area contributed by atoms with Gasteiger partial charge in [0.15, 0.2) is 11.9 Å². The molecular weight excluding hydrogens is 224 g/mol.